The van der Waals surface area contributed by atoms with Crippen LogP contribution in [0.3, 0.4) is 0 Å². The largest absolute Gasteiger partial charge is 0.294 e. The molecule has 4 heteroatoms. The van der Waals surface area contributed by atoms with Gasteiger partial charge in [0.15, 0.2) is 11.6 Å². The van der Waals surface area contributed by atoms with Crippen LogP contribution in [0.25, 0.3) is 0 Å². The van der Waals surface area contributed by atoms with Gasteiger partial charge in [0.1, 0.15) is 6.07 Å². The molecule has 0 fully saturated rings. The van der Waals surface area contributed by atoms with E-state index in [1.807, 2.05) is 0 Å². The van der Waals surface area contributed by atoms with Crippen molar-refractivity contribution in [3.8, 4) is 6.07 Å². The highest BCUT2D eigenvalue weighted by Crippen LogP contribution is 2.20. The minimum absolute atomic E-state index is 0.0640. The number of halogens is 2. The number of carbonyl (C=O) groups excluding carboxylic acids is 1. The predicted molar refractivity (Wildman–Crippen MR) is 48.8 cm³/mol. The third-order valence-electron chi connectivity index (χ3n) is 1.54. The molecule has 0 bridgehead atoms. The van der Waals surface area contributed by atoms with Gasteiger partial charge in [-0.3, -0.25) is 4.79 Å². The number of carbonyl (C=O) groups is 1. The van der Waals surface area contributed by atoms with Gasteiger partial charge in [0, 0.05) is 4.47 Å². The summed E-state index contributed by atoms with van der Waals surface area (Å²) < 4.78 is 13.8. The van der Waals surface area contributed by atoms with Crippen molar-refractivity contribution in [2.24, 2.45) is 0 Å². The number of benzene rings is 1. The zero-order valence-corrected chi connectivity index (χ0v) is 8.35. The zero-order chi connectivity index (χ0) is 10.0. The van der Waals surface area contributed by atoms with E-state index in [2.05, 4.69) is 15.9 Å². The molecule has 13 heavy (non-hydrogen) atoms. The molecule has 0 aliphatic carbocycles. The molecular formula is C9H5BrFNO. The molecule has 0 aliphatic heterocycles. The Labute approximate surface area is 83.1 Å². The van der Waals surface area contributed by atoms with Crippen molar-refractivity contribution < 1.29 is 9.18 Å². The van der Waals surface area contributed by atoms with E-state index < -0.39 is 11.6 Å². The second-order valence-electron chi connectivity index (χ2n) is 2.48. The fraction of sp³-hybridized carbons (Fsp3) is 0.111. The van der Waals surface area contributed by atoms with Crippen LogP contribution < -0.4 is 0 Å². The van der Waals surface area contributed by atoms with E-state index in [0.717, 1.165) is 0 Å². The molecule has 0 heterocycles. The van der Waals surface area contributed by atoms with Crippen LogP contribution in [0.5, 0.6) is 0 Å². The standard InChI is InChI=1S/C9H5BrFNO/c1-5(13)8-3-7(10)2-6(4-12)9(8)11/h2-3H,1H3. The van der Waals surface area contributed by atoms with Gasteiger partial charge in [0.25, 0.3) is 0 Å². The average molecular weight is 242 g/mol. The molecule has 0 radical (unpaired) electrons. The number of nitriles is 1. The van der Waals surface area contributed by atoms with E-state index in [1.165, 1.54) is 19.1 Å². The lowest BCUT2D eigenvalue weighted by Gasteiger charge is -2.00. The predicted octanol–water partition coefficient (Wildman–Crippen LogP) is 2.66. The second-order valence-corrected chi connectivity index (χ2v) is 3.40. The lowest BCUT2D eigenvalue weighted by Crippen LogP contribution is -1.99. The van der Waals surface area contributed by atoms with Crippen molar-refractivity contribution in [3.63, 3.8) is 0 Å². The molecule has 0 saturated carbocycles. The highest BCUT2D eigenvalue weighted by Gasteiger charge is 2.12. The molecule has 0 aromatic heterocycles. The molecule has 0 atom stereocenters. The number of hydrogen-bond donors (Lipinski definition) is 0. The normalized spacial score (nSPS) is 9.38. The van der Waals surface area contributed by atoms with E-state index >= 15 is 0 Å². The van der Waals surface area contributed by atoms with Crippen molar-refractivity contribution in [2.45, 2.75) is 6.92 Å². The van der Waals surface area contributed by atoms with Gasteiger partial charge in [-0.05, 0) is 19.1 Å². The Hall–Kier alpha value is -1.21. The molecule has 1 rings (SSSR count). The maximum Gasteiger partial charge on any atom is 0.162 e. The van der Waals surface area contributed by atoms with Gasteiger partial charge in [-0.15, -0.1) is 0 Å². The first-order valence-electron chi connectivity index (χ1n) is 3.46. The lowest BCUT2D eigenvalue weighted by molar-refractivity contribution is 0.101. The summed E-state index contributed by atoms with van der Waals surface area (Å²) in [7, 11) is 0. The minimum Gasteiger partial charge on any atom is -0.294 e. The number of nitrogens with zero attached hydrogens (tertiary/aromatic N) is 1. The molecular weight excluding hydrogens is 237 g/mol. The van der Waals surface area contributed by atoms with E-state index in [1.54, 1.807) is 6.07 Å². The zero-order valence-electron chi connectivity index (χ0n) is 6.77. The third-order valence-corrected chi connectivity index (χ3v) is 1.99. The first-order chi connectivity index (χ1) is 6.06. The highest BCUT2D eigenvalue weighted by molar-refractivity contribution is 9.10. The van der Waals surface area contributed by atoms with Gasteiger partial charge in [-0.25, -0.2) is 4.39 Å². The van der Waals surface area contributed by atoms with E-state index in [0.29, 0.717) is 4.47 Å². The van der Waals surface area contributed by atoms with Gasteiger partial charge in [-0.1, -0.05) is 15.9 Å². The topological polar surface area (TPSA) is 40.9 Å². The Kier molecular flexibility index (Phi) is 2.79. The summed E-state index contributed by atoms with van der Waals surface area (Å²) in [6.07, 6.45) is 0. The van der Waals surface area contributed by atoms with Crippen LogP contribution in [0.1, 0.15) is 22.8 Å². The molecule has 2 nitrogen and oxygen atoms in total. The van der Waals surface area contributed by atoms with Crippen molar-refractivity contribution in [1.29, 1.82) is 5.26 Å². The van der Waals surface area contributed by atoms with Crippen LogP contribution in [0, 0.1) is 17.1 Å². The Morgan fingerprint density at radius 3 is 2.69 bits per heavy atom. The Bertz CT molecular complexity index is 409. The smallest absolute Gasteiger partial charge is 0.162 e. The molecule has 0 saturated heterocycles. The summed E-state index contributed by atoms with van der Waals surface area (Å²) in [6, 6.07) is 4.37. The van der Waals surface area contributed by atoms with Gasteiger partial charge in [-0.2, -0.15) is 5.26 Å². The van der Waals surface area contributed by atoms with Crippen molar-refractivity contribution in [1.82, 2.24) is 0 Å². The van der Waals surface area contributed by atoms with Gasteiger partial charge >= 0.3 is 0 Å². The van der Waals surface area contributed by atoms with Gasteiger partial charge in [0.05, 0.1) is 11.1 Å². The molecule has 1 aromatic carbocycles. The monoisotopic (exact) mass is 241 g/mol. The summed E-state index contributed by atoms with van der Waals surface area (Å²) in [5.41, 5.74) is -0.189. The summed E-state index contributed by atoms with van der Waals surface area (Å²) in [6.45, 7) is 1.26. The van der Waals surface area contributed by atoms with Crippen molar-refractivity contribution >= 4 is 21.7 Å². The van der Waals surface area contributed by atoms with Crippen LogP contribution >= 0.6 is 15.9 Å². The van der Waals surface area contributed by atoms with Gasteiger partial charge < -0.3 is 0 Å². The van der Waals surface area contributed by atoms with Crippen LogP contribution in [0.15, 0.2) is 16.6 Å². The Balaban J connectivity index is 3.47. The Morgan fingerprint density at radius 2 is 2.23 bits per heavy atom. The molecule has 0 N–H and O–H groups in total. The van der Waals surface area contributed by atoms with E-state index in [9.17, 15) is 9.18 Å². The highest BCUT2D eigenvalue weighted by atomic mass is 79.9. The van der Waals surface area contributed by atoms with Crippen LogP contribution in [-0.4, -0.2) is 5.78 Å². The molecule has 66 valence electrons. The molecule has 0 spiro atoms. The average Bonchev–Trinajstić information content (AvgIpc) is 2.08. The molecule has 0 aliphatic rings. The number of ketones is 1. The number of rotatable bonds is 1. The summed E-state index contributed by atoms with van der Waals surface area (Å²) >= 11 is 3.09. The fourth-order valence-corrected chi connectivity index (χ4v) is 1.38. The van der Waals surface area contributed by atoms with E-state index in [-0.39, 0.29) is 11.1 Å². The second kappa shape index (κ2) is 3.67. The lowest BCUT2D eigenvalue weighted by atomic mass is 10.1. The molecule has 1 aromatic rings. The number of hydrogen-bond acceptors (Lipinski definition) is 2. The SMILES string of the molecule is CC(=O)c1cc(Br)cc(C#N)c1F. The summed E-state index contributed by atoms with van der Waals surface area (Å²) in [5, 5.41) is 8.53. The quantitative estimate of drug-likeness (QED) is 0.710. The third kappa shape index (κ3) is 1.93. The van der Waals surface area contributed by atoms with Gasteiger partial charge in [0.2, 0.25) is 0 Å². The van der Waals surface area contributed by atoms with E-state index in [4.69, 9.17) is 5.26 Å². The first kappa shape index (κ1) is 9.87. The molecule has 0 amide bonds. The Morgan fingerprint density at radius 1 is 1.62 bits per heavy atom. The van der Waals surface area contributed by atoms with Crippen LogP contribution in [-0.2, 0) is 0 Å². The number of Topliss-reactive ketones (excluding diaryl/α,β-unsaturated/α-hetero) is 1. The van der Waals surface area contributed by atoms with Crippen LogP contribution in [0.2, 0.25) is 0 Å². The fourth-order valence-electron chi connectivity index (χ4n) is 0.927. The van der Waals surface area contributed by atoms with Crippen molar-refractivity contribution in [2.75, 3.05) is 0 Å². The first-order valence-corrected chi connectivity index (χ1v) is 4.25. The molecule has 0 unspecified atom stereocenters. The maximum absolute atomic E-state index is 13.2. The summed E-state index contributed by atoms with van der Waals surface area (Å²) in [4.78, 5) is 10.9. The van der Waals surface area contributed by atoms with Crippen molar-refractivity contribution in [3.05, 3.63) is 33.5 Å². The maximum atomic E-state index is 13.2. The summed E-state index contributed by atoms with van der Waals surface area (Å²) in [5.74, 6) is -1.14. The minimum atomic E-state index is -0.752. The van der Waals surface area contributed by atoms with Crippen LogP contribution in [0.4, 0.5) is 4.39 Å².